The Morgan fingerprint density at radius 2 is 2.11 bits per heavy atom. The molecule has 0 saturated heterocycles. The molecule has 1 nitrogen and oxygen atoms in total. The maximum atomic E-state index is 3.64. The molecule has 98 valence electrons. The van der Waals surface area contributed by atoms with Crippen molar-refractivity contribution in [2.75, 3.05) is 12.3 Å². The van der Waals surface area contributed by atoms with E-state index in [0.717, 1.165) is 17.8 Å². The van der Waals surface area contributed by atoms with Crippen molar-refractivity contribution in [1.82, 2.24) is 5.32 Å². The fraction of sp³-hybridized carbons (Fsp3) is 0.500. The third-order valence-corrected chi connectivity index (χ3v) is 4.65. The van der Waals surface area contributed by atoms with Crippen LogP contribution < -0.4 is 5.32 Å². The van der Waals surface area contributed by atoms with E-state index in [1.807, 2.05) is 0 Å². The molecule has 1 aliphatic carbocycles. The Hall–Kier alpha value is -0.730. The number of hydrogen-bond donors (Lipinski definition) is 1. The SMILES string of the molecule is CCSC1CCC(NC/C=C/c2ccccc2)C1. The second kappa shape index (κ2) is 7.65. The quantitative estimate of drug-likeness (QED) is 0.832. The molecule has 2 atom stereocenters. The Morgan fingerprint density at radius 1 is 1.28 bits per heavy atom. The first-order valence-corrected chi connectivity index (χ1v) is 8.00. The van der Waals surface area contributed by atoms with E-state index < -0.39 is 0 Å². The molecule has 0 amide bonds. The zero-order valence-corrected chi connectivity index (χ0v) is 12.0. The molecule has 18 heavy (non-hydrogen) atoms. The van der Waals surface area contributed by atoms with Crippen molar-refractivity contribution < 1.29 is 0 Å². The van der Waals surface area contributed by atoms with Gasteiger partial charge in [0.25, 0.3) is 0 Å². The van der Waals surface area contributed by atoms with Crippen molar-refractivity contribution in [2.45, 2.75) is 37.5 Å². The summed E-state index contributed by atoms with van der Waals surface area (Å²) in [4.78, 5) is 0. The summed E-state index contributed by atoms with van der Waals surface area (Å²) in [6.45, 7) is 3.25. The van der Waals surface area contributed by atoms with Gasteiger partial charge in [-0.15, -0.1) is 0 Å². The predicted octanol–water partition coefficient (Wildman–Crippen LogP) is 3.96. The molecule has 1 saturated carbocycles. The van der Waals surface area contributed by atoms with E-state index in [2.05, 4.69) is 66.5 Å². The van der Waals surface area contributed by atoms with Crippen molar-refractivity contribution in [3.63, 3.8) is 0 Å². The van der Waals surface area contributed by atoms with E-state index in [-0.39, 0.29) is 0 Å². The van der Waals surface area contributed by atoms with Crippen LogP contribution in [0.25, 0.3) is 6.08 Å². The van der Waals surface area contributed by atoms with Crippen molar-refractivity contribution in [1.29, 1.82) is 0 Å². The molecule has 1 aromatic carbocycles. The highest BCUT2D eigenvalue weighted by molar-refractivity contribution is 7.99. The standard InChI is InChI=1S/C16H23NS/c1-2-18-16-11-10-15(13-16)17-12-6-9-14-7-4-3-5-8-14/h3-9,15-17H,2,10-13H2,1H3/b9-6+. The fourth-order valence-corrected chi connectivity index (χ4v) is 3.65. The fourth-order valence-electron chi connectivity index (χ4n) is 2.51. The number of hydrogen-bond acceptors (Lipinski definition) is 2. The molecule has 2 unspecified atom stereocenters. The van der Waals surface area contributed by atoms with Crippen LogP contribution in [0.2, 0.25) is 0 Å². The van der Waals surface area contributed by atoms with E-state index in [4.69, 9.17) is 0 Å². The van der Waals surface area contributed by atoms with Gasteiger partial charge in [-0.2, -0.15) is 11.8 Å². The molecule has 1 N–H and O–H groups in total. The van der Waals surface area contributed by atoms with E-state index >= 15 is 0 Å². The van der Waals surface area contributed by atoms with Crippen LogP contribution in [0.1, 0.15) is 31.7 Å². The van der Waals surface area contributed by atoms with Gasteiger partial charge in [0.15, 0.2) is 0 Å². The summed E-state index contributed by atoms with van der Waals surface area (Å²) in [6.07, 6.45) is 8.50. The Balaban J connectivity index is 1.66. The average molecular weight is 261 g/mol. The Bertz CT molecular complexity index is 361. The maximum absolute atomic E-state index is 3.64. The first-order valence-electron chi connectivity index (χ1n) is 6.95. The highest BCUT2D eigenvalue weighted by Crippen LogP contribution is 2.29. The molecule has 2 rings (SSSR count). The van der Waals surface area contributed by atoms with Crippen molar-refractivity contribution in [3.8, 4) is 0 Å². The minimum absolute atomic E-state index is 0.731. The maximum Gasteiger partial charge on any atom is 0.0140 e. The van der Waals surface area contributed by atoms with E-state index in [1.54, 1.807) is 0 Å². The molecule has 0 radical (unpaired) electrons. The summed E-state index contributed by atoms with van der Waals surface area (Å²) in [5.74, 6) is 1.26. The third-order valence-electron chi connectivity index (χ3n) is 3.42. The van der Waals surface area contributed by atoms with Gasteiger partial charge >= 0.3 is 0 Å². The first kappa shape index (κ1) is 13.7. The van der Waals surface area contributed by atoms with Crippen molar-refractivity contribution in [3.05, 3.63) is 42.0 Å². The number of thioether (sulfide) groups is 1. The van der Waals surface area contributed by atoms with E-state index in [9.17, 15) is 0 Å². The molecule has 1 aromatic rings. The van der Waals surface area contributed by atoms with Gasteiger partial charge in [-0.25, -0.2) is 0 Å². The lowest BCUT2D eigenvalue weighted by molar-refractivity contribution is 0.558. The largest absolute Gasteiger partial charge is 0.310 e. The van der Waals surface area contributed by atoms with Gasteiger partial charge in [0.2, 0.25) is 0 Å². The lowest BCUT2D eigenvalue weighted by Gasteiger charge is -2.11. The smallest absolute Gasteiger partial charge is 0.0140 e. The van der Waals surface area contributed by atoms with Crippen LogP contribution in [0.3, 0.4) is 0 Å². The minimum Gasteiger partial charge on any atom is -0.310 e. The van der Waals surface area contributed by atoms with Gasteiger partial charge in [0, 0.05) is 17.8 Å². The lowest BCUT2D eigenvalue weighted by atomic mass is 10.2. The summed E-state index contributed by atoms with van der Waals surface area (Å²) in [5, 5.41) is 4.53. The lowest BCUT2D eigenvalue weighted by Crippen LogP contribution is -2.26. The van der Waals surface area contributed by atoms with E-state index in [1.165, 1.54) is 30.6 Å². The Morgan fingerprint density at radius 3 is 2.89 bits per heavy atom. The molecule has 1 aliphatic rings. The second-order valence-corrected chi connectivity index (χ2v) is 6.39. The first-order chi connectivity index (χ1) is 8.88. The highest BCUT2D eigenvalue weighted by Gasteiger charge is 2.23. The number of benzene rings is 1. The van der Waals surface area contributed by atoms with Crippen LogP contribution >= 0.6 is 11.8 Å². The minimum atomic E-state index is 0.731. The normalized spacial score (nSPS) is 23.8. The Labute approximate surface area is 115 Å². The van der Waals surface area contributed by atoms with Gasteiger partial charge in [0.05, 0.1) is 0 Å². The predicted molar refractivity (Wildman–Crippen MR) is 83.0 cm³/mol. The molecule has 0 heterocycles. The average Bonchev–Trinajstić information content (AvgIpc) is 2.84. The summed E-state index contributed by atoms with van der Waals surface area (Å²) >= 11 is 2.12. The van der Waals surface area contributed by atoms with Gasteiger partial charge in [-0.3, -0.25) is 0 Å². The summed E-state index contributed by atoms with van der Waals surface area (Å²) < 4.78 is 0. The molecule has 2 heteroatoms. The molecule has 0 spiro atoms. The number of nitrogens with one attached hydrogen (secondary N) is 1. The van der Waals surface area contributed by atoms with Crippen LogP contribution in [-0.2, 0) is 0 Å². The van der Waals surface area contributed by atoms with Gasteiger partial charge < -0.3 is 5.32 Å². The molecule has 1 fully saturated rings. The molecular formula is C16H23NS. The number of rotatable bonds is 6. The zero-order valence-electron chi connectivity index (χ0n) is 11.1. The van der Waals surface area contributed by atoms with Gasteiger partial charge in [-0.05, 0) is 30.6 Å². The molecule has 0 aromatic heterocycles. The van der Waals surface area contributed by atoms with E-state index in [0.29, 0.717) is 0 Å². The summed E-state index contributed by atoms with van der Waals surface area (Å²) in [7, 11) is 0. The third kappa shape index (κ3) is 4.51. The monoisotopic (exact) mass is 261 g/mol. The van der Waals surface area contributed by atoms with Crippen LogP contribution in [0.15, 0.2) is 36.4 Å². The van der Waals surface area contributed by atoms with Gasteiger partial charge in [0.1, 0.15) is 0 Å². The molecule has 0 aliphatic heterocycles. The van der Waals surface area contributed by atoms with Crippen LogP contribution in [-0.4, -0.2) is 23.6 Å². The second-order valence-electron chi connectivity index (χ2n) is 4.81. The summed E-state index contributed by atoms with van der Waals surface area (Å²) in [6, 6.07) is 11.2. The Kier molecular flexibility index (Phi) is 5.82. The molecular weight excluding hydrogens is 238 g/mol. The van der Waals surface area contributed by atoms with Gasteiger partial charge in [-0.1, -0.05) is 49.4 Å². The van der Waals surface area contributed by atoms with Crippen LogP contribution in [0, 0.1) is 0 Å². The highest BCUT2D eigenvalue weighted by atomic mass is 32.2. The summed E-state index contributed by atoms with van der Waals surface area (Å²) in [5.41, 5.74) is 1.28. The zero-order chi connectivity index (χ0) is 12.6. The van der Waals surface area contributed by atoms with Crippen LogP contribution in [0.5, 0.6) is 0 Å². The van der Waals surface area contributed by atoms with Crippen molar-refractivity contribution >= 4 is 17.8 Å². The molecule has 0 bridgehead atoms. The van der Waals surface area contributed by atoms with Crippen LogP contribution in [0.4, 0.5) is 0 Å². The van der Waals surface area contributed by atoms with Crippen molar-refractivity contribution in [2.24, 2.45) is 0 Å². The topological polar surface area (TPSA) is 12.0 Å².